The summed E-state index contributed by atoms with van der Waals surface area (Å²) < 4.78 is 0. The highest BCUT2D eigenvalue weighted by Gasteiger charge is 2.41. The molecule has 3 atom stereocenters. The van der Waals surface area contributed by atoms with Crippen molar-refractivity contribution in [2.45, 2.75) is 31.9 Å². The number of rotatable bonds is 1. The Kier molecular flexibility index (Phi) is 3.24. The van der Waals surface area contributed by atoms with Crippen LogP contribution in [0.4, 0.5) is 4.79 Å². The van der Waals surface area contributed by atoms with Gasteiger partial charge in [0.2, 0.25) is 0 Å². The molecule has 0 aliphatic carbocycles. The lowest BCUT2D eigenvalue weighted by atomic mass is 10.2. The molecule has 0 aromatic carbocycles. The number of urea groups is 1. The number of carboxylic acid groups (broad SMARTS) is 1. The summed E-state index contributed by atoms with van der Waals surface area (Å²) in [5.74, 6) is -0.572. The van der Waals surface area contributed by atoms with E-state index in [9.17, 15) is 14.7 Å². The van der Waals surface area contributed by atoms with Crippen molar-refractivity contribution in [3.8, 4) is 0 Å². The van der Waals surface area contributed by atoms with Gasteiger partial charge in [0.25, 0.3) is 0 Å². The lowest BCUT2D eigenvalue weighted by Gasteiger charge is -2.27. The van der Waals surface area contributed by atoms with E-state index >= 15 is 0 Å². The summed E-state index contributed by atoms with van der Waals surface area (Å²) in [6.07, 6.45) is 0.365. The van der Waals surface area contributed by atoms with Gasteiger partial charge in [-0.25, -0.2) is 9.59 Å². The van der Waals surface area contributed by atoms with Gasteiger partial charge in [-0.3, -0.25) is 0 Å². The summed E-state index contributed by atoms with van der Waals surface area (Å²) >= 11 is 0. The standard InChI is InChI=1S/C11H18N2O4/c1-7-2-3-12(5-7)11(17)13-6-8(14)4-9(13)10(15)16/h7-9,14H,2-6H2,1H3,(H,15,16)/t7?,8?,9-/m0/s1. The molecule has 2 N–H and O–H groups in total. The van der Waals surface area contributed by atoms with Crippen molar-refractivity contribution in [1.82, 2.24) is 9.80 Å². The van der Waals surface area contributed by atoms with Crippen LogP contribution in [-0.4, -0.2) is 63.8 Å². The molecule has 2 heterocycles. The summed E-state index contributed by atoms with van der Waals surface area (Å²) in [7, 11) is 0. The number of aliphatic carboxylic acids is 1. The Morgan fingerprint density at radius 3 is 2.53 bits per heavy atom. The second-order valence-electron chi connectivity index (χ2n) is 5.02. The molecule has 2 aliphatic rings. The average molecular weight is 242 g/mol. The Balaban J connectivity index is 2.05. The minimum atomic E-state index is -1.04. The SMILES string of the molecule is CC1CCN(C(=O)N2CC(O)C[C@H]2C(=O)O)C1. The number of aliphatic hydroxyl groups excluding tert-OH is 1. The van der Waals surface area contributed by atoms with Crippen LogP contribution in [0, 0.1) is 5.92 Å². The van der Waals surface area contributed by atoms with Crippen LogP contribution in [0.25, 0.3) is 0 Å². The van der Waals surface area contributed by atoms with E-state index < -0.39 is 18.1 Å². The third kappa shape index (κ3) is 2.36. The normalized spacial score (nSPS) is 33.2. The Bertz CT molecular complexity index is 333. The number of aliphatic hydroxyl groups is 1. The van der Waals surface area contributed by atoms with E-state index in [1.54, 1.807) is 4.90 Å². The highest BCUT2D eigenvalue weighted by atomic mass is 16.4. The first-order valence-corrected chi connectivity index (χ1v) is 5.95. The van der Waals surface area contributed by atoms with Crippen molar-refractivity contribution in [3.63, 3.8) is 0 Å². The topological polar surface area (TPSA) is 81.1 Å². The molecule has 2 amide bonds. The second kappa shape index (κ2) is 4.52. The minimum Gasteiger partial charge on any atom is -0.480 e. The molecular formula is C11H18N2O4. The smallest absolute Gasteiger partial charge is 0.326 e. The first-order chi connectivity index (χ1) is 7.99. The minimum absolute atomic E-state index is 0.126. The molecule has 6 nitrogen and oxygen atoms in total. The van der Waals surface area contributed by atoms with Gasteiger partial charge in [0.1, 0.15) is 6.04 Å². The molecule has 2 rings (SSSR count). The van der Waals surface area contributed by atoms with E-state index in [0.717, 1.165) is 6.42 Å². The number of carbonyl (C=O) groups is 2. The number of hydrogen-bond donors (Lipinski definition) is 2. The van der Waals surface area contributed by atoms with Crippen molar-refractivity contribution in [3.05, 3.63) is 0 Å². The molecule has 6 heteroatoms. The molecule has 0 saturated carbocycles. The molecule has 0 aromatic rings. The van der Waals surface area contributed by atoms with Crippen LogP contribution in [0.2, 0.25) is 0 Å². The molecule has 0 radical (unpaired) electrons. The van der Waals surface area contributed by atoms with Crippen LogP contribution in [-0.2, 0) is 4.79 Å². The molecule has 2 saturated heterocycles. The molecule has 96 valence electrons. The quantitative estimate of drug-likeness (QED) is 0.676. The van der Waals surface area contributed by atoms with E-state index in [0.29, 0.717) is 19.0 Å². The highest BCUT2D eigenvalue weighted by molar-refractivity contribution is 5.83. The molecule has 2 fully saturated rings. The maximum absolute atomic E-state index is 12.1. The summed E-state index contributed by atoms with van der Waals surface area (Å²) in [5, 5.41) is 18.5. The fourth-order valence-corrected chi connectivity index (χ4v) is 2.55. The number of β-amino-alcohol motifs (C(OH)–C–C–N with tert-alkyl or cyclic N) is 1. The summed E-state index contributed by atoms with van der Waals surface area (Å²) in [6, 6.07) is -1.13. The Morgan fingerprint density at radius 2 is 2.00 bits per heavy atom. The van der Waals surface area contributed by atoms with Gasteiger partial charge < -0.3 is 20.0 Å². The van der Waals surface area contributed by atoms with Gasteiger partial charge in [-0.15, -0.1) is 0 Å². The average Bonchev–Trinajstić information content (AvgIpc) is 2.83. The van der Waals surface area contributed by atoms with E-state index in [4.69, 9.17) is 5.11 Å². The van der Waals surface area contributed by atoms with Gasteiger partial charge in [-0.1, -0.05) is 6.92 Å². The van der Waals surface area contributed by atoms with Crippen LogP contribution in [0.5, 0.6) is 0 Å². The van der Waals surface area contributed by atoms with Crippen LogP contribution >= 0.6 is 0 Å². The third-order valence-electron chi connectivity index (χ3n) is 3.50. The van der Waals surface area contributed by atoms with E-state index in [2.05, 4.69) is 6.92 Å². The van der Waals surface area contributed by atoms with Crippen molar-refractivity contribution in [2.75, 3.05) is 19.6 Å². The monoisotopic (exact) mass is 242 g/mol. The zero-order valence-corrected chi connectivity index (χ0v) is 9.87. The number of likely N-dealkylation sites (tertiary alicyclic amines) is 2. The Labute approximate surface area is 99.8 Å². The maximum Gasteiger partial charge on any atom is 0.326 e. The zero-order valence-electron chi connectivity index (χ0n) is 9.87. The van der Waals surface area contributed by atoms with Gasteiger partial charge in [-0.2, -0.15) is 0 Å². The van der Waals surface area contributed by atoms with Crippen molar-refractivity contribution in [1.29, 1.82) is 0 Å². The number of carboxylic acids is 1. The first kappa shape index (κ1) is 12.2. The van der Waals surface area contributed by atoms with Gasteiger partial charge in [0.15, 0.2) is 0 Å². The fourth-order valence-electron chi connectivity index (χ4n) is 2.55. The number of amides is 2. The van der Waals surface area contributed by atoms with Crippen molar-refractivity contribution in [2.24, 2.45) is 5.92 Å². The predicted octanol–water partition coefficient (Wildman–Crippen LogP) is -0.0320. The third-order valence-corrected chi connectivity index (χ3v) is 3.50. The first-order valence-electron chi connectivity index (χ1n) is 5.95. The van der Waals surface area contributed by atoms with E-state index in [1.165, 1.54) is 4.90 Å². The molecule has 2 unspecified atom stereocenters. The van der Waals surface area contributed by atoms with Crippen LogP contribution in [0.1, 0.15) is 19.8 Å². The zero-order chi connectivity index (χ0) is 12.6. The Morgan fingerprint density at radius 1 is 1.29 bits per heavy atom. The fraction of sp³-hybridized carbons (Fsp3) is 0.818. The van der Waals surface area contributed by atoms with Crippen LogP contribution in [0.15, 0.2) is 0 Å². The highest BCUT2D eigenvalue weighted by Crippen LogP contribution is 2.23. The largest absolute Gasteiger partial charge is 0.480 e. The molecular weight excluding hydrogens is 224 g/mol. The maximum atomic E-state index is 12.1. The van der Waals surface area contributed by atoms with Crippen molar-refractivity contribution >= 4 is 12.0 Å². The summed E-state index contributed by atoms with van der Waals surface area (Å²) in [5.41, 5.74) is 0. The van der Waals surface area contributed by atoms with Gasteiger partial charge in [-0.05, 0) is 12.3 Å². The van der Waals surface area contributed by atoms with E-state index in [-0.39, 0.29) is 19.0 Å². The van der Waals surface area contributed by atoms with Crippen LogP contribution in [0.3, 0.4) is 0 Å². The summed E-state index contributed by atoms with van der Waals surface area (Å²) in [6.45, 7) is 3.55. The summed E-state index contributed by atoms with van der Waals surface area (Å²) in [4.78, 5) is 26.1. The molecule has 0 bridgehead atoms. The number of carbonyl (C=O) groups excluding carboxylic acids is 1. The van der Waals surface area contributed by atoms with E-state index in [1.807, 2.05) is 0 Å². The molecule has 0 spiro atoms. The van der Waals surface area contributed by atoms with Gasteiger partial charge >= 0.3 is 12.0 Å². The van der Waals surface area contributed by atoms with Gasteiger partial charge in [0, 0.05) is 26.1 Å². The lowest BCUT2D eigenvalue weighted by molar-refractivity contribution is -0.141. The lowest BCUT2D eigenvalue weighted by Crippen LogP contribution is -2.47. The Hall–Kier alpha value is -1.30. The number of nitrogens with zero attached hydrogens (tertiary/aromatic N) is 2. The van der Waals surface area contributed by atoms with Crippen LogP contribution < -0.4 is 0 Å². The van der Waals surface area contributed by atoms with Gasteiger partial charge in [0.05, 0.1) is 6.10 Å². The predicted molar refractivity (Wildman–Crippen MR) is 59.5 cm³/mol. The number of hydrogen-bond acceptors (Lipinski definition) is 3. The molecule has 0 aromatic heterocycles. The molecule has 2 aliphatic heterocycles. The molecule has 17 heavy (non-hydrogen) atoms. The second-order valence-corrected chi connectivity index (χ2v) is 5.02. The van der Waals surface area contributed by atoms with Crippen molar-refractivity contribution < 1.29 is 19.8 Å².